The molecule has 3 atom stereocenters. The molecular weight excluding hydrogens is 652 g/mol. The fourth-order valence-electron chi connectivity index (χ4n) is 6.10. The van der Waals surface area contributed by atoms with Crippen LogP contribution in [0.2, 0.25) is 5.02 Å². The van der Waals surface area contributed by atoms with Crippen LogP contribution >= 0.6 is 11.6 Å². The molecule has 49 heavy (non-hydrogen) atoms. The first-order chi connectivity index (χ1) is 23.1. The monoisotopic (exact) mass is 700 g/mol. The van der Waals surface area contributed by atoms with Crippen LogP contribution in [0.25, 0.3) is 0 Å². The van der Waals surface area contributed by atoms with Gasteiger partial charge in [0.2, 0.25) is 11.8 Å². The molecule has 1 aliphatic heterocycles. The zero-order chi connectivity index (χ0) is 36.4. The van der Waals surface area contributed by atoms with Crippen molar-refractivity contribution >= 4 is 35.5 Å². The third-order valence-corrected chi connectivity index (χ3v) is 8.71. The Labute approximate surface area is 293 Å². The number of nitrogens with zero attached hydrogens (tertiary/aromatic N) is 3. The maximum atomic E-state index is 14.4. The molecule has 0 radical (unpaired) electrons. The molecule has 3 amide bonds. The maximum Gasteiger partial charge on any atom is 0.408 e. The van der Waals surface area contributed by atoms with Crippen LogP contribution in [-0.4, -0.2) is 91.3 Å². The van der Waals surface area contributed by atoms with Crippen molar-refractivity contribution in [2.24, 2.45) is 5.92 Å². The van der Waals surface area contributed by atoms with Gasteiger partial charge in [-0.2, -0.15) is 4.73 Å². The van der Waals surface area contributed by atoms with Crippen molar-refractivity contribution in [3.05, 3.63) is 82.3 Å². The van der Waals surface area contributed by atoms with Gasteiger partial charge in [0.15, 0.2) is 11.4 Å². The number of hydrogen-bond donors (Lipinski definition) is 1. The van der Waals surface area contributed by atoms with Crippen molar-refractivity contribution in [1.29, 1.82) is 0 Å². The summed E-state index contributed by atoms with van der Waals surface area (Å²) in [5.74, 6) is -2.21. The van der Waals surface area contributed by atoms with Gasteiger partial charge in [-0.05, 0) is 63.8 Å². The largest absolute Gasteiger partial charge is 0.618 e. The van der Waals surface area contributed by atoms with Crippen molar-refractivity contribution in [2.75, 3.05) is 40.5 Å². The molecule has 268 valence electrons. The number of pyridine rings is 1. The molecule has 12 nitrogen and oxygen atoms in total. The van der Waals surface area contributed by atoms with E-state index in [1.807, 2.05) is 12.1 Å². The smallest absolute Gasteiger partial charge is 0.408 e. The van der Waals surface area contributed by atoms with Crippen molar-refractivity contribution in [3.8, 4) is 0 Å². The van der Waals surface area contributed by atoms with Crippen LogP contribution in [0, 0.1) is 18.0 Å². The molecule has 2 aromatic rings. The van der Waals surface area contributed by atoms with Gasteiger partial charge < -0.3 is 34.5 Å². The van der Waals surface area contributed by atoms with E-state index in [1.54, 1.807) is 74.9 Å². The number of carbonyl (C=O) groups is 4. The Kier molecular flexibility index (Phi) is 14.0. The number of halogens is 1. The number of alkyl carbamates (subject to hydrolysis) is 1. The van der Waals surface area contributed by atoms with Gasteiger partial charge in [0.1, 0.15) is 18.2 Å². The van der Waals surface area contributed by atoms with Crippen LogP contribution in [0.5, 0.6) is 0 Å². The van der Waals surface area contributed by atoms with Crippen LogP contribution in [0.15, 0.2) is 55.1 Å². The lowest BCUT2D eigenvalue weighted by atomic mass is 9.80. The highest BCUT2D eigenvalue weighted by atomic mass is 35.5. The Morgan fingerprint density at radius 2 is 1.88 bits per heavy atom. The maximum absolute atomic E-state index is 14.4. The molecule has 13 heteroatoms. The number of methoxy groups -OCH3 is 1. The zero-order valence-corrected chi connectivity index (χ0v) is 30.1. The molecular formula is C36H49ClN4O8. The van der Waals surface area contributed by atoms with Crippen LogP contribution in [0.4, 0.5) is 4.79 Å². The van der Waals surface area contributed by atoms with E-state index in [0.717, 1.165) is 10.3 Å². The predicted octanol–water partition coefficient (Wildman–Crippen LogP) is 4.16. The summed E-state index contributed by atoms with van der Waals surface area (Å²) >= 11 is 6.18. The Balaban J connectivity index is 2.00. The molecule has 1 fully saturated rings. The number of aryl methyl sites for hydroxylation is 1. The Hall–Kier alpha value is -4.16. The highest BCUT2D eigenvalue weighted by Gasteiger charge is 2.45. The average Bonchev–Trinajstić information content (AvgIpc) is 3.04. The Morgan fingerprint density at radius 3 is 2.51 bits per heavy atom. The number of hydrogen-bond acceptors (Lipinski definition) is 8. The number of benzene rings is 1. The lowest BCUT2D eigenvalue weighted by Gasteiger charge is -2.49. The summed E-state index contributed by atoms with van der Waals surface area (Å²) in [5, 5.41) is 16.1. The van der Waals surface area contributed by atoms with Crippen molar-refractivity contribution in [2.45, 2.75) is 77.0 Å². The van der Waals surface area contributed by atoms with Crippen LogP contribution in [0.3, 0.4) is 0 Å². The lowest BCUT2D eigenvalue weighted by molar-refractivity contribution is -0.621. The van der Waals surface area contributed by atoms with Gasteiger partial charge in [-0.3, -0.25) is 14.4 Å². The Bertz CT molecular complexity index is 1480. The molecule has 3 rings (SSSR count). The van der Waals surface area contributed by atoms with Crippen LogP contribution in [-0.2, 0) is 41.4 Å². The minimum absolute atomic E-state index is 0.0192. The van der Waals surface area contributed by atoms with Gasteiger partial charge in [0, 0.05) is 57.7 Å². The third-order valence-electron chi connectivity index (χ3n) is 8.46. The number of piperidine rings is 1. The van der Waals surface area contributed by atoms with E-state index in [1.165, 1.54) is 13.2 Å². The standard InChI is InChI=1S/C36H49ClN4O8/c1-8-19-48-34(45)38-30(23-47-7)33(44)39(6)36(22-26-13-15-28(37)16-14-26)17-10-18-40(24-36)32(43)27(21-31(42)49-35(3,4)5)20-29-12-9-11-25(2)41(29)46/h8-9,11-16,27,30H,1,10,17-24H2,2-7H3,(H,38,45). The molecule has 0 spiro atoms. The summed E-state index contributed by atoms with van der Waals surface area (Å²) in [4.78, 5) is 57.3. The van der Waals surface area contributed by atoms with E-state index in [9.17, 15) is 24.4 Å². The molecule has 1 saturated heterocycles. The number of likely N-dealkylation sites (tertiary alicyclic amines) is 1. The van der Waals surface area contributed by atoms with Crippen LogP contribution < -0.4 is 10.0 Å². The minimum Gasteiger partial charge on any atom is -0.618 e. The first-order valence-corrected chi connectivity index (χ1v) is 16.7. The van der Waals surface area contributed by atoms with Gasteiger partial charge in [-0.1, -0.05) is 36.4 Å². The van der Waals surface area contributed by atoms with Gasteiger partial charge in [0.05, 0.1) is 24.5 Å². The molecule has 1 aromatic carbocycles. The lowest BCUT2D eigenvalue weighted by Crippen LogP contribution is -2.65. The molecule has 2 heterocycles. The van der Waals surface area contributed by atoms with Crippen molar-refractivity contribution in [3.63, 3.8) is 0 Å². The third kappa shape index (κ3) is 11.2. The van der Waals surface area contributed by atoms with Gasteiger partial charge >= 0.3 is 12.1 Å². The first-order valence-electron chi connectivity index (χ1n) is 16.3. The number of rotatable bonds is 14. The number of ether oxygens (including phenoxy) is 3. The molecule has 3 unspecified atom stereocenters. The summed E-state index contributed by atoms with van der Waals surface area (Å²) in [6, 6.07) is 11.3. The van der Waals surface area contributed by atoms with Crippen molar-refractivity contribution < 1.29 is 38.1 Å². The van der Waals surface area contributed by atoms with E-state index in [2.05, 4.69) is 11.9 Å². The number of amides is 3. The Morgan fingerprint density at radius 1 is 1.18 bits per heavy atom. The molecule has 0 bridgehead atoms. The fourth-order valence-corrected chi connectivity index (χ4v) is 6.23. The van der Waals surface area contributed by atoms with Gasteiger partial charge in [0.25, 0.3) is 0 Å². The SMILES string of the molecule is C=CCOC(=O)NC(COC)C(=O)N(C)C1(Cc2ccc(Cl)cc2)CCCN(C(=O)C(CC(=O)OC(C)(C)C)Cc2cccc(C)[n+]2[O-])C1. The molecule has 1 N–H and O–H groups in total. The minimum atomic E-state index is -1.07. The number of aromatic nitrogens is 1. The normalized spacial score (nSPS) is 17.4. The summed E-state index contributed by atoms with van der Waals surface area (Å²) in [5.41, 5.74) is 0.0243. The first kappa shape index (κ1) is 39.3. The fraction of sp³-hybridized carbons (Fsp3) is 0.528. The number of nitrogens with one attached hydrogen (secondary N) is 1. The highest BCUT2D eigenvalue weighted by Crippen LogP contribution is 2.33. The number of esters is 1. The summed E-state index contributed by atoms with van der Waals surface area (Å²) in [6.45, 7) is 10.8. The second-order valence-electron chi connectivity index (χ2n) is 13.5. The molecule has 1 aliphatic rings. The van der Waals surface area contributed by atoms with Crippen LogP contribution in [0.1, 0.15) is 57.0 Å². The quantitative estimate of drug-likeness (QED) is 0.134. The number of likely N-dealkylation sites (N-methyl/N-ethyl adjacent to an activating group) is 1. The zero-order valence-electron chi connectivity index (χ0n) is 29.3. The van der Waals surface area contributed by atoms with E-state index >= 15 is 0 Å². The highest BCUT2D eigenvalue weighted by molar-refractivity contribution is 6.30. The van der Waals surface area contributed by atoms with Gasteiger partial charge in [-0.25, -0.2) is 4.79 Å². The van der Waals surface area contributed by atoms with E-state index in [4.69, 9.17) is 25.8 Å². The molecule has 0 saturated carbocycles. The predicted molar refractivity (Wildman–Crippen MR) is 185 cm³/mol. The summed E-state index contributed by atoms with van der Waals surface area (Å²) in [7, 11) is 3.07. The van der Waals surface area contributed by atoms with E-state index in [-0.39, 0.29) is 38.5 Å². The van der Waals surface area contributed by atoms with E-state index in [0.29, 0.717) is 42.2 Å². The average molecular weight is 701 g/mol. The molecule has 1 aromatic heterocycles. The number of carbonyl (C=O) groups excluding carboxylic acids is 4. The summed E-state index contributed by atoms with van der Waals surface area (Å²) < 4.78 is 16.7. The summed E-state index contributed by atoms with van der Waals surface area (Å²) in [6.07, 6.45) is 1.86. The second-order valence-corrected chi connectivity index (χ2v) is 13.9. The van der Waals surface area contributed by atoms with E-state index < -0.39 is 41.1 Å². The van der Waals surface area contributed by atoms with Gasteiger partial charge in [-0.15, -0.1) is 0 Å². The topological polar surface area (TPSA) is 141 Å². The van der Waals surface area contributed by atoms with Crippen molar-refractivity contribution in [1.82, 2.24) is 15.1 Å². The molecule has 0 aliphatic carbocycles. The second kappa shape index (κ2) is 17.5.